The summed E-state index contributed by atoms with van der Waals surface area (Å²) in [5, 5.41) is 17.8. The van der Waals surface area contributed by atoms with Crippen molar-refractivity contribution in [2.45, 2.75) is 6.42 Å². The van der Waals surface area contributed by atoms with Crippen LogP contribution in [0.1, 0.15) is 12.0 Å². The van der Waals surface area contributed by atoms with Crippen LogP contribution in [0.2, 0.25) is 0 Å². The molecule has 2 rings (SSSR count). The van der Waals surface area contributed by atoms with Gasteiger partial charge in [0.05, 0.1) is 11.6 Å². The first kappa shape index (κ1) is 10.0. The molecule has 1 aromatic carbocycles. The van der Waals surface area contributed by atoms with Gasteiger partial charge in [0.2, 0.25) is 0 Å². The summed E-state index contributed by atoms with van der Waals surface area (Å²) in [6.07, 6.45) is 1.04. The second-order valence-electron chi connectivity index (χ2n) is 3.95. The van der Waals surface area contributed by atoms with Gasteiger partial charge >= 0.3 is 0 Å². The molecule has 1 heterocycles. The lowest BCUT2D eigenvalue weighted by Crippen LogP contribution is -2.20. The SMILES string of the molecule is N#Cc1cccc(N2CCC(CO)C2)c1. The minimum Gasteiger partial charge on any atom is -0.396 e. The molecule has 3 nitrogen and oxygen atoms in total. The van der Waals surface area contributed by atoms with E-state index < -0.39 is 0 Å². The lowest BCUT2D eigenvalue weighted by atomic mass is 10.1. The maximum absolute atomic E-state index is 9.05. The number of aliphatic hydroxyl groups excluding tert-OH is 1. The molecule has 0 radical (unpaired) electrons. The monoisotopic (exact) mass is 202 g/mol. The van der Waals surface area contributed by atoms with Gasteiger partial charge in [-0.25, -0.2) is 0 Å². The Balaban J connectivity index is 2.14. The molecule has 1 unspecified atom stereocenters. The topological polar surface area (TPSA) is 47.3 Å². The molecule has 1 aliphatic rings. The van der Waals surface area contributed by atoms with Crippen LogP contribution in [-0.2, 0) is 0 Å². The van der Waals surface area contributed by atoms with Gasteiger partial charge in [-0.05, 0) is 24.6 Å². The van der Waals surface area contributed by atoms with Crippen molar-refractivity contribution in [3.63, 3.8) is 0 Å². The van der Waals surface area contributed by atoms with Gasteiger partial charge in [0.15, 0.2) is 0 Å². The number of rotatable bonds is 2. The van der Waals surface area contributed by atoms with Crippen LogP contribution in [-0.4, -0.2) is 24.8 Å². The first-order valence-corrected chi connectivity index (χ1v) is 5.19. The molecule has 0 aromatic heterocycles. The Kier molecular flexibility index (Phi) is 2.89. The smallest absolute Gasteiger partial charge is 0.0992 e. The Morgan fingerprint density at radius 2 is 2.40 bits per heavy atom. The third-order valence-electron chi connectivity index (χ3n) is 2.88. The number of nitriles is 1. The molecule has 0 saturated carbocycles. The van der Waals surface area contributed by atoms with E-state index in [1.807, 2.05) is 24.3 Å². The molecule has 1 N–H and O–H groups in total. The number of aliphatic hydroxyl groups is 1. The normalized spacial score (nSPS) is 20.3. The first-order chi connectivity index (χ1) is 7.33. The summed E-state index contributed by atoms with van der Waals surface area (Å²) in [6.45, 7) is 2.12. The minimum atomic E-state index is 0.258. The lowest BCUT2D eigenvalue weighted by molar-refractivity contribution is 0.238. The number of nitrogens with zero attached hydrogens (tertiary/aromatic N) is 2. The molecule has 1 fully saturated rings. The number of benzene rings is 1. The van der Waals surface area contributed by atoms with Gasteiger partial charge in [-0.3, -0.25) is 0 Å². The van der Waals surface area contributed by atoms with Gasteiger partial charge < -0.3 is 10.0 Å². The molecule has 3 heteroatoms. The highest BCUT2D eigenvalue weighted by Crippen LogP contribution is 2.23. The van der Waals surface area contributed by atoms with Crippen LogP contribution in [0.4, 0.5) is 5.69 Å². The second kappa shape index (κ2) is 4.33. The number of anilines is 1. The van der Waals surface area contributed by atoms with Gasteiger partial charge in [0, 0.05) is 31.3 Å². The van der Waals surface area contributed by atoms with Crippen molar-refractivity contribution in [2.24, 2.45) is 5.92 Å². The largest absolute Gasteiger partial charge is 0.396 e. The van der Waals surface area contributed by atoms with E-state index in [0.29, 0.717) is 11.5 Å². The number of hydrogen-bond donors (Lipinski definition) is 1. The summed E-state index contributed by atoms with van der Waals surface area (Å²) in [5.41, 5.74) is 1.78. The Hall–Kier alpha value is -1.53. The van der Waals surface area contributed by atoms with Gasteiger partial charge in [0.1, 0.15) is 0 Å². The maximum Gasteiger partial charge on any atom is 0.0992 e. The summed E-state index contributed by atoms with van der Waals surface area (Å²) in [6, 6.07) is 9.77. The fraction of sp³-hybridized carbons (Fsp3) is 0.417. The predicted octanol–water partition coefficient (Wildman–Crippen LogP) is 1.38. The van der Waals surface area contributed by atoms with Crippen molar-refractivity contribution in [1.82, 2.24) is 0 Å². The van der Waals surface area contributed by atoms with Crippen molar-refractivity contribution in [3.05, 3.63) is 29.8 Å². The third-order valence-corrected chi connectivity index (χ3v) is 2.88. The van der Waals surface area contributed by atoms with Crippen LogP contribution in [0.3, 0.4) is 0 Å². The van der Waals surface area contributed by atoms with Crippen molar-refractivity contribution >= 4 is 5.69 Å². The van der Waals surface area contributed by atoms with Gasteiger partial charge in [0.25, 0.3) is 0 Å². The average Bonchev–Trinajstić information content (AvgIpc) is 2.78. The van der Waals surface area contributed by atoms with Crippen LogP contribution in [0.25, 0.3) is 0 Å². The summed E-state index contributed by atoms with van der Waals surface area (Å²) < 4.78 is 0. The minimum absolute atomic E-state index is 0.258. The fourth-order valence-corrected chi connectivity index (χ4v) is 1.99. The van der Waals surface area contributed by atoms with Crippen molar-refractivity contribution < 1.29 is 5.11 Å². The van der Waals surface area contributed by atoms with Crippen molar-refractivity contribution in [1.29, 1.82) is 5.26 Å². The summed E-state index contributed by atoms with van der Waals surface area (Å²) >= 11 is 0. The Bertz CT molecular complexity index is 383. The zero-order chi connectivity index (χ0) is 10.7. The average molecular weight is 202 g/mol. The third kappa shape index (κ3) is 2.11. The molecule has 78 valence electrons. The van der Waals surface area contributed by atoms with E-state index in [9.17, 15) is 0 Å². The maximum atomic E-state index is 9.05. The van der Waals surface area contributed by atoms with Crippen LogP contribution < -0.4 is 4.90 Å². The van der Waals surface area contributed by atoms with E-state index in [2.05, 4.69) is 11.0 Å². The molecule has 0 aliphatic carbocycles. The Labute approximate surface area is 89.6 Å². The highest BCUT2D eigenvalue weighted by atomic mass is 16.3. The van der Waals surface area contributed by atoms with Gasteiger partial charge in [-0.2, -0.15) is 5.26 Å². The van der Waals surface area contributed by atoms with Crippen LogP contribution in [0.15, 0.2) is 24.3 Å². The van der Waals surface area contributed by atoms with E-state index >= 15 is 0 Å². The van der Waals surface area contributed by atoms with Crippen LogP contribution in [0.5, 0.6) is 0 Å². The second-order valence-corrected chi connectivity index (χ2v) is 3.95. The van der Waals surface area contributed by atoms with E-state index in [4.69, 9.17) is 10.4 Å². The van der Waals surface area contributed by atoms with E-state index in [1.165, 1.54) is 0 Å². The molecule has 15 heavy (non-hydrogen) atoms. The Morgan fingerprint density at radius 3 is 3.07 bits per heavy atom. The van der Waals surface area contributed by atoms with Crippen molar-refractivity contribution in [3.8, 4) is 6.07 Å². The lowest BCUT2D eigenvalue weighted by Gasteiger charge is -2.18. The molecule has 0 spiro atoms. The van der Waals surface area contributed by atoms with Gasteiger partial charge in [-0.1, -0.05) is 6.07 Å². The molecular weight excluding hydrogens is 188 g/mol. The quantitative estimate of drug-likeness (QED) is 0.788. The van der Waals surface area contributed by atoms with Crippen molar-refractivity contribution in [2.75, 3.05) is 24.6 Å². The van der Waals surface area contributed by atoms with E-state index in [0.717, 1.165) is 25.2 Å². The Morgan fingerprint density at radius 1 is 1.53 bits per heavy atom. The van der Waals surface area contributed by atoms with E-state index in [1.54, 1.807) is 0 Å². The summed E-state index contributed by atoms with van der Waals surface area (Å²) in [5.74, 6) is 0.385. The molecule has 1 aromatic rings. The molecule has 1 saturated heterocycles. The zero-order valence-corrected chi connectivity index (χ0v) is 8.56. The summed E-state index contributed by atoms with van der Waals surface area (Å²) in [7, 11) is 0. The van der Waals surface area contributed by atoms with Crippen LogP contribution in [0, 0.1) is 17.2 Å². The number of hydrogen-bond acceptors (Lipinski definition) is 3. The highest BCUT2D eigenvalue weighted by molar-refractivity contribution is 5.52. The predicted molar refractivity (Wildman–Crippen MR) is 58.6 cm³/mol. The molecule has 0 bridgehead atoms. The highest BCUT2D eigenvalue weighted by Gasteiger charge is 2.21. The molecule has 1 atom stereocenters. The summed E-state index contributed by atoms with van der Waals surface area (Å²) in [4.78, 5) is 2.22. The van der Waals surface area contributed by atoms with Gasteiger partial charge in [-0.15, -0.1) is 0 Å². The molecule has 0 amide bonds. The zero-order valence-electron chi connectivity index (χ0n) is 8.56. The standard InChI is InChI=1S/C12H14N2O/c13-7-10-2-1-3-12(6-10)14-5-4-11(8-14)9-15/h1-3,6,11,15H,4-5,8-9H2. The molecular formula is C12H14N2O. The van der Waals surface area contributed by atoms with Crippen LogP contribution >= 0.6 is 0 Å². The fourth-order valence-electron chi connectivity index (χ4n) is 1.99. The van der Waals surface area contributed by atoms with E-state index in [-0.39, 0.29) is 6.61 Å². The first-order valence-electron chi connectivity index (χ1n) is 5.19. The molecule has 1 aliphatic heterocycles.